The van der Waals surface area contributed by atoms with Gasteiger partial charge in [0.05, 0.1) is 17.8 Å². The normalized spacial score (nSPS) is 10.8. The molecule has 0 aliphatic rings. The number of carbonyl (C=O) groups is 1. The maximum Gasteiger partial charge on any atom is 0.257 e. The highest BCUT2D eigenvalue weighted by molar-refractivity contribution is 6.07. The summed E-state index contributed by atoms with van der Waals surface area (Å²) in [4.78, 5) is 31.5. The van der Waals surface area contributed by atoms with Gasteiger partial charge in [-0.1, -0.05) is 48.5 Å². The van der Waals surface area contributed by atoms with Gasteiger partial charge in [-0.3, -0.25) is 9.59 Å². The summed E-state index contributed by atoms with van der Waals surface area (Å²) in [5.41, 5.74) is 4.31. The second kappa shape index (κ2) is 9.50. The molecule has 6 heteroatoms. The smallest absolute Gasteiger partial charge is 0.257 e. The summed E-state index contributed by atoms with van der Waals surface area (Å²) in [6.45, 7) is 0.757. The number of nitrogens with one attached hydrogen (secondary N) is 3. The molecular formula is C28H23N3O3. The number of rotatable bonds is 7. The van der Waals surface area contributed by atoms with Crippen LogP contribution in [0.1, 0.15) is 10.4 Å². The summed E-state index contributed by atoms with van der Waals surface area (Å²) >= 11 is 0. The third-order valence-electron chi connectivity index (χ3n) is 5.61. The third kappa shape index (κ3) is 4.34. The van der Waals surface area contributed by atoms with Gasteiger partial charge in [-0.25, -0.2) is 0 Å². The number of pyridine rings is 1. The quantitative estimate of drug-likeness (QED) is 0.306. The van der Waals surface area contributed by atoms with Gasteiger partial charge in [-0.05, 0) is 48.0 Å². The lowest BCUT2D eigenvalue weighted by atomic mass is 9.98. The van der Waals surface area contributed by atoms with Crippen LogP contribution in [-0.2, 0) is 0 Å². The largest absolute Gasteiger partial charge is 0.492 e. The monoisotopic (exact) mass is 449 g/mol. The molecule has 0 bridgehead atoms. The van der Waals surface area contributed by atoms with E-state index in [0.717, 1.165) is 33.5 Å². The van der Waals surface area contributed by atoms with Crippen molar-refractivity contribution in [2.45, 2.75) is 0 Å². The molecule has 0 atom stereocenters. The topological polar surface area (TPSA) is 87.0 Å². The Hall–Kier alpha value is -4.58. The Balaban J connectivity index is 1.46. The van der Waals surface area contributed by atoms with E-state index < -0.39 is 0 Å². The fraction of sp³-hybridized carbons (Fsp3) is 0.0714. The van der Waals surface area contributed by atoms with Crippen LogP contribution in [-0.4, -0.2) is 29.0 Å². The highest BCUT2D eigenvalue weighted by atomic mass is 16.5. The van der Waals surface area contributed by atoms with Gasteiger partial charge in [0.15, 0.2) is 0 Å². The second-order valence-corrected chi connectivity index (χ2v) is 7.83. The number of ether oxygens (including phenoxy) is 1. The lowest BCUT2D eigenvalue weighted by Gasteiger charge is -2.08. The van der Waals surface area contributed by atoms with Crippen LogP contribution >= 0.6 is 0 Å². The highest BCUT2D eigenvalue weighted by Crippen LogP contribution is 2.37. The molecular weight excluding hydrogens is 426 g/mol. The molecule has 0 saturated heterocycles. The molecule has 3 N–H and O–H groups in total. The minimum Gasteiger partial charge on any atom is -0.492 e. The van der Waals surface area contributed by atoms with E-state index in [1.807, 2.05) is 72.8 Å². The van der Waals surface area contributed by atoms with Gasteiger partial charge in [0.2, 0.25) is 0 Å². The van der Waals surface area contributed by atoms with E-state index in [-0.39, 0.29) is 11.5 Å². The number of aromatic nitrogens is 2. The fourth-order valence-electron chi connectivity index (χ4n) is 4.01. The van der Waals surface area contributed by atoms with Crippen LogP contribution in [0.3, 0.4) is 0 Å². The van der Waals surface area contributed by atoms with Crippen LogP contribution in [0.15, 0.2) is 102 Å². The summed E-state index contributed by atoms with van der Waals surface area (Å²) in [5, 5.41) is 3.78. The molecule has 6 nitrogen and oxygen atoms in total. The molecule has 0 radical (unpaired) electrons. The third-order valence-corrected chi connectivity index (χ3v) is 5.61. The van der Waals surface area contributed by atoms with Crippen molar-refractivity contribution < 1.29 is 9.53 Å². The number of fused-ring (bicyclic) bond motifs is 1. The molecule has 0 aliphatic heterocycles. The maximum absolute atomic E-state index is 12.8. The Bertz CT molecular complexity index is 1490. The van der Waals surface area contributed by atoms with Crippen molar-refractivity contribution in [1.82, 2.24) is 15.3 Å². The van der Waals surface area contributed by atoms with E-state index in [1.54, 1.807) is 24.4 Å². The summed E-state index contributed by atoms with van der Waals surface area (Å²) in [5.74, 6) is 0.583. The van der Waals surface area contributed by atoms with Crippen LogP contribution in [0.4, 0.5) is 0 Å². The first kappa shape index (κ1) is 21.3. The number of hydrogen-bond donors (Lipinski definition) is 3. The summed E-state index contributed by atoms with van der Waals surface area (Å²) in [7, 11) is 0. The lowest BCUT2D eigenvalue weighted by Crippen LogP contribution is -2.28. The lowest BCUT2D eigenvalue weighted by molar-refractivity contribution is 0.0947. The summed E-state index contributed by atoms with van der Waals surface area (Å²) in [6, 6.07) is 28.4. The SMILES string of the molecule is O=C(NCCOc1ccccc1)c1ccc2[nH]c(-c3ccc[nH]c3=O)c(-c3ccccc3)c2c1. The van der Waals surface area contributed by atoms with Crippen molar-refractivity contribution in [1.29, 1.82) is 0 Å². The van der Waals surface area contributed by atoms with E-state index in [2.05, 4.69) is 15.3 Å². The predicted molar refractivity (Wildman–Crippen MR) is 134 cm³/mol. The molecule has 0 spiro atoms. The number of aromatic amines is 2. The molecule has 5 aromatic rings. The van der Waals surface area contributed by atoms with E-state index >= 15 is 0 Å². The summed E-state index contributed by atoms with van der Waals surface area (Å²) in [6.07, 6.45) is 1.61. The van der Waals surface area contributed by atoms with Crippen LogP contribution in [0.2, 0.25) is 0 Å². The molecule has 0 saturated carbocycles. The van der Waals surface area contributed by atoms with Crippen LogP contribution < -0.4 is 15.6 Å². The zero-order valence-electron chi connectivity index (χ0n) is 18.4. The van der Waals surface area contributed by atoms with Crippen molar-refractivity contribution in [3.8, 4) is 28.1 Å². The standard InChI is InChI=1S/C28H23N3O3/c32-27(30-16-17-34-21-10-5-2-6-11-21)20-13-14-24-23(18-20)25(19-8-3-1-4-9-19)26(31-24)22-12-7-15-29-28(22)33/h1-15,18,31H,16-17H2,(H,29,33)(H,30,32). The molecule has 0 aliphatic carbocycles. The second-order valence-electron chi connectivity index (χ2n) is 7.83. The van der Waals surface area contributed by atoms with Crippen molar-refractivity contribution in [3.05, 3.63) is 113 Å². The van der Waals surface area contributed by atoms with Crippen LogP contribution in [0, 0.1) is 0 Å². The zero-order valence-corrected chi connectivity index (χ0v) is 18.4. The van der Waals surface area contributed by atoms with Gasteiger partial charge in [0.1, 0.15) is 12.4 Å². The highest BCUT2D eigenvalue weighted by Gasteiger charge is 2.18. The first-order valence-electron chi connectivity index (χ1n) is 11.1. The van der Waals surface area contributed by atoms with Crippen LogP contribution in [0.5, 0.6) is 5.75 Å². The maximum atomic E-state index is 12.8. The van der Waals surface area contributed by atoms with E-state index in [0.29, 0.717) is 24.3 Å². The van der Waals surface area contributed by atoms with Crippen molar-refractivity contribution in [3.63, 3.8) is 0 Å². The van der Waals surface area contributed by atoms with Gasteiger partial charge in [0, 0.05) is 28.2 Å². The molecule has 5 rings (SSSR count). The average molecular weight is 450 g/mol. The predicted octanol–water partition coefficient (Wildman–Crippen LogP) is 5.00. The zero-order chi connectivity index (χ0) is 23.3. The molecule has 168 valence electrons. The van der Waals surface area contributed by atoms with Gasteiger partial charge >= 0.3 is 0 Å². The Morgan fingerprint density at radius 3 is 2.41 bits per heavy atom. The fourth-order valence-corrected chi connectivity index (χ4v) is 4.01. The number of carbonyl (C=O) groups excluding carboxylic acids is 1. The average Bonchev–Trinajstić information content (AvgIpc) is 3.26. The summed E-state index contributed by atoms with van der Waals surface area (Å²) < 4.78 is 5.65. The molecule has 1 amide bonds. The number of benzene rings is 3. The number of para-hydroxylation sites is 1. The van der Waals surface area contributed by atoms with Gasteiger partial charge in [-0.2, -0.15) is 0 Å². The number of amides is 1. The Morgan fingerprint density at radius 1 is 0.882 bits per heavy atom. The molecule has 0 unspecified atom stereocenters. The van der Waals surface area contributed by atoms with Crippen molar-refractivity contribution in [2.24, 2.45) is 0 Å². The van der Waals surface area contributed by atoms with E-state index in [1.165, 1.54) is 0 Å². The van der Waals surface area contributed by atoms with Crippen LogP contribution in [0.25, 0.3) is 33.3 Å². The molecule has 2 aromatic heterocycles. The van der Waals surface area contributed by atoms with Gasteiger partial charge < -0.3 is 20.0 Å². The Kier molecular flexibility index (Phi) is 5.95. The Morgan fingerprint density at radius 2 is 1.65 bits per heavy atom. The first-order valence-corrected chi connectivity index (χ1v) is 11.1. The van der Waals surface area contributed by atoms with E-state index in [4.69, 9.17) is 4.74 Å². The Labute approximate surface area is 196 Å². The number of hydrogen-bond acceptors (Lipinski definition) is 3. The molecule has 2 heterocycles. The minimum atomic E-state index is -0.183. The number of H-pyrrole nitrogens is 2. The van der Waals surface area contributed by atoms with Crippen molar-refractivity contribution in [2.75, 3.05) is 13.2 Å². The minimum absolute atomic E-state index is 0.178. The van der Waals surface area contributed by atoms with Gasteiger partial charge in [-0.15, -0.1) is 0 Å². The first-order chi connectivity index (χ1) is 16.7. The molecule has 0 fully saturated rings. The molecule has 3 aromatic carbocycles. The molecule has 34 heavy (non-hydrogen) atoms. The van der Waals surface area contributed by atoms with E-state index in [9.17, 15) is 9.59 Å². The van der Waals surface area contributed by atoms with Crippen molar-refractivity contribution >= 4 is 16.8 Å². The van der Waals surface area contributed by atoms with Gasteiger partial charge in [0.25, 0.3) is 11.5 Å².